The van der Waals surface area contributed by atoms with Gasteiger partial charge in [-0.15, -0.1) is 0 Å². The zero-order chi connectivity index (χ0) is 29.2. The van der Waals surface area contributed by atoms with Gasteiger partial charge in [-0.3, -0.25) is 9.69 Å². The van der Waals surface area contributed by atoms with Crippen molar-refractivity contribution in [1.29, 1.82) is 0 Å². The number of rotatable bonds is 9. The van der Waals surface area contributed by atoms with Crippen LogP contribution in [0.5, 0.6) is 5.75 Å². The maximum atomic E-state index is 13.4. The minimum Gasteiger partial charge on any atom is -0.487 e. The van der Waals surface area contributed by atoms with Crippen LogP contribution in [0.15, 0.2) is 60.7 Å². The third kappa shape index (κ3) is 6.13. The van der Waals surface area contributed by atoms with Crippen molar-refractivity contribution in [3.63, 3.8) is 0 Å². The van der Waals surface area contributed by atoms with Crippen LogP contribution in [-0.4, -0.2) is 75.2 Å². The summed E-state index contributed by atoms with van der Waals surface area (Å²) in [5.74, 6) is 0.538. The molecule has 1 N–H and O–H groups in total. The van der Waals surface area contributed by atoms with E-state index in [1.807, 2.05) is 54.3 Å². The predicted molar refractivity (Wildman–Crippen MR) is 159 cm³/mol. The highest BCUT2D eigenvalue weighted by Crippen LogP contribution is 2.27. The molecular formula is C32H33ClN4O5. The quantitative estimate of drug-likeness (QED) is 0.293. The molecule has 0 bridgehead atoms. The molecule has 9 nitrogen and oxygen atoms in total. The molecule has 2 aliphatic rings. The minimum atomic E-state index is -0.958. The fourth-order valence-electron chi connectivity index (χ4n) is 5.43. The summed E-state index contributed by atoms with van der Waals surface area (Å²) in [5, 5.41) is 10.1. The normalized spacial score (nSPS) is 17.3. The van der Waals surface area contributed by atoms with Crippen LogP contribution in [0.25, 0.3) is 11.0 Å². The second-order valence-electron chi connectivity index (χ2n) is 10.9. The summed E-state index contributed by atoms with van der Waals surface area (Å²) in [7, 11) is 0. The molecule has 6 rings (SSSR count). The van der Waals surface area contributed by atoms with Crippen molar-refractivity contribution in [2.45, 2.75) is 39.1 Å². The van der Waals surface area contributed by atoms with E-state index in [4.69, 9.17) is 26.1 Å². The molecule has 0 aliphatic carbocycles. The van der Waals surface area contributed by atoms with E-state index in [9.17, 15) is 14.7 Å². The molecule has 1 atom stereocenters. The van der Waals surface area contributed by atoms with Crippen molar-refractivity contribution < 1.29 is 24.2 Å². The van der Waals surface area contributed by atoms with E-state index < -0.39 is 5.97 Å². The van der Waals surface area contributed by atoms with Gasteiger partial charge >= 0.3 is 5.97 Å². The van der Waals surface area contributed by atoms with E-state index in [0.29, 0.717) is 62.2 Å². The Balaban J connectivity index is 1.09. The second kappa shape index (κ2) is 12.1. The fraction of sp³-hybridized carbons (Fsp3) is 0.344. The Morgan fingerprint density at radius 2 is 1.86 bits per heavy atom. The van der Waals surface area contributed by atoms with E-state index in [-0.39, 0.29) is 17.6 Å². The van der Waals surface area contributed by atoms with Gasteiger partial charge in [-0.2, -0.15) is 0 Å². The number of nitrogens with zero attached hydrogens (tertiary/aromatic N) is 4. The fourth-order valence-corrected chi connectivity index (χ4v) is 5.72. The average Bonchev–Trinajstić information content (AvgIpc) is 3.30. The smallest absolute Gasteiger partial charge is 0.335 e. The molecule has 2 aliphatic heterocycles. The predicted octanol–water partition coefficient (Wildman–Crippen LogP) is 5.02. The van der Waals surface area contributed by atoms with Crippen LogP contribution in [-0.2, 0) is 24.4 Å². The molecular weight excluding hydrogens is 556 g/mol. The molecule has 0 spiro atoms. The Labute approximate surface area is 249 Å². The molecule has 2 saturated heterocycles. The van der Waals surface area contributed by atoms with E-state index in [1.165, 1.54) is 0 Å². The lowest BCUT2D eigenvalue weighted by Gasteiger charge is -2.35. The summed E-state index contributed by atoms with van der Waals surface area (Å²) in [4.78, 5) is 34.0. The minimum absolute atomic E-state index is 0.000407. The van der Waals surface area contributed by atoms with Gasteiger partial charge in [0.05, 0.1) is 40.8 Å². The molecule has 3 heterocycles. The Morgan fingerprint density at radius 1 is 1.05 bits per heavy atom. The molecule has 2 fully saturated rings. The number of carboxylic acids is 1. The largest absolute Gasteiger partial charge is 0.487 e. The van der Waals surface area contributed by atoms with Crippen molar-refractivity contribution in [3.05, 3.63) is 93.8 Å². The van der Waals surface area contributed by atoms with Gasteiger partial charge in [0.15, 0.2) is 0 Å². The lowest BCUT2D eigenvalue weighted by Crippen LogP contribution is -2.48. The number of benzene rings is 3. The number of halogens is 1. The van der Waals surface area contributed by atoms with E-state index in [1.54, 1.807) is 18.2 Å². The standard InChI is InChI=1S/C32H33ClN4O5/c1-21-5-8-29(26(33)15-21)42-20-22-3-2-4-23(16-22)31(38)36-12-10-35(11-13-36)19-30-34-27-7-6-24(32(39)40)17-28(27)37(30)18-25-9-14-41-25/h2-8,15-17,25H,9-14,18-20H2,1H3,(H,39,40)/t25-/m0/s1. The van der Waals surface area contributed by atoms with Crippen molar-refractivity contribution >= 4 is 34.5 Å². The molecule has 42 heavy (non-hydrogen) atoms. The molecule has 0 unspecified atom stereocenters. The maximum Gasteiger partial charge on any atom is 0.335 e. The number of aromatic nitrogens is 2. The van der Waals surface area contributed by atoms with Gasteiger partial charge in [-0.05, 0) is 66.9 Å². The number of carbonyl (C=O) groups excluding carboxylic acids is 1. The number of amides is 1. The number of imidazole rings is 1. The summed E-state index contributed by atoms with van der Waals surface area (Å²) in [6, 6.07) is 18.3. The highest BCUT2D eigenvalue weighted by molar-refractivity contribution is 6.32. The van der Waals surface area contributed by atoms with Gasteiger partial charge in [0.2, 0.25) is 0 Å². The summed E-state index contributed by atoms with van der Waals surface area (Å²) >= 11 is 6.30. The lowest BCUT2D eigenvalue weighted by atomic mass is 10.1. The third-order valence-corrected chi connectivity index (χ3v) is 8.23. The third-order valence-electron chi connectivity index (χ3n) is 7.93. The van der Waals surface area contributed by atoms with E-state index in [0.717, 1.165) is 41.0 Å². The number of piperazine rings is 1. The van der Waals surface area contributed by atoms with Gasteiger partial charge in [0.1, 0.15) is 18.2 Å². The molecule has 10 heteroatoms. The number of aromatic carboxylic acids is 1. The van der Waals surface area contributed by atoms with Crippen molar-refractivity contribution in [3.8, 4) is 5.75 Å². The first-order valence-electron chi connectivity index (χ1n) is 14.2. The molecule has 218 valence electrons. The van der Waals surface area contributed by atoms with Crippen LogP contribution < -0.4 is 4.74 Å². The average molecular weight is 589 g/mol. The van der Waals surface area contributed by atoms with Crippen molar-refractivity contribution in [2.75, 3.05) is 32.8 Å². The summed E-state index contributed by atoms with van der Waals surface area (Å²) < 4.78 is 13.7. The maximum absolute atomic E-state index is 13.4. The van der Waals surface area contributed by atoms with Gasteiger partial charge < -0.3 is 24.0 Å². The van der Waals surface area contributed by atoms with E-state index in [2.05, 4.69) is 9.47 Å². The van der Waals surface area contributed by atoms with Crippen molar-refractivity contribution in [1.82, 2.24) is 19.4 Å². The Kier molecular flexibility index (Phi) is 8.15. The van der Waals surface area contributed by atoms with Gasteiger partial charge in [0.25, 0.3) is 5.91 Å². The molecule has 3 aromatic carbocycles. The highest BCUT2D eigenvalue weighted by atomic mass is 35.5. The number of carbonyl (C=O) groups is 2. The monoisotopic (exact) mass is 588 g/mol. The van der Waals surface area contributed by atoms with Gasteiger partial charge in [-0.25, -0.2) is 9.78 Å². The van der Waals surface area contributed by atoms with Crippen LogP contribution in [0.3, 0.4) is 0 Å². The number of carboxylic acid groups (broad SMARTS) is 1. The topological polar surface area (TPSA) is 97.1 Å². The molecule has 4 aromatic rings. The van der Waals surface area contributed by atoms with Gasteiger partial charge in [0, 0.05) is 38.3 Å². The highest BCUT2D eigenvalue weighted by Gasteiger charge is 2.26. The number of hydrogen-bond acceptors (Lipinski definition) is 6. The lowest BCUT2D eigenvalue weighted by molar-refractivity contribution is -0.0592. The first-order valence-corrected chi connectivity index (χ1v) is 14.6. The number of fused-ring (bicyclic) bond motifs is 1. The first kappa shape index (κ1) is 28.2. The number of hydrogen-bond donors (Lipinski definition) is 1. The van der Waals surface area contributed by atoms with Crippen molar-refractivity contribution in [2.24, 2.45) is 0 Å². The molecule has 1 aromatic heterocycles. The Hall–Kier alpha value is -3.92. The van der Waals surface area contributed by atoms with Crippen LogP contribution in [0, 0.1) is 6.92 Å². The number of aryl methyl sites for hydroxylation is 1. The summed E-state index contributed by atoms with van der Waals surface area (Å²) in [5.41, 5.74) is 4.43. The summed E-state index contributed by atoms with van der Waals surface area (Å²) in [6.45, 7) is 6.93. The Bertz CT molecular complexity index is 1620. The number of ether oxygens (including phenoxy) is 2. The van der Waals surface area contributed by atoms with Gasteiger partial charge in [-0.1, -0.05) is 29.8 Å². The van der Waals surface area contributed by atoms with Crippen LogP contribution >= 0.6 is 11.6 Å². The zero-order valence-electron chi connectivity index (χ0n) is 23.5. The van der Waals surface area contributed by atoms with Crippen LogP contribution in [0.4, 0.5) is 0 Å². The zero-order valence-corrected chi connectivity index (χ0v) is 24.2. The Morgan fingerprint density at radius 3 is 2.57 bits per heavy atom. The second-order valence-corrected chi connectivity index (χ2v) is 11.3. The molecule has 0 radical (unpaired) electrons. The summed E-state index contributed by atoms with van der Waals surface area (Å²) in [6.07, 6.45) is 1.09. The first-order chi connectivity index (χ1) is 20.3. The van der Waals surface area contributed by atoms with Crippen LogP contribution in [0.1, 0.15) is 44.1 Å². The van der Waals surface area contributed by atoms with Crippen LogP contribution in [0.2, 0.25) is 5.02 Å². The SMILES string of the molecule is Cc1ccc(OCc2cccc(C(=O)N3CCN(Cc4nc5ccc(C(=O)O)cc5n4C[C@@H]4CCO4)CC3)c2)c(Cl)c1. The molecule has 0 saturated carbocycles. The molecule has 1 amide bonds. The van der Waals surface area contributed by atoms with E-state index >= 15 is 0 Å².